The maximum atomic E-state index is 12.0. The van der Waals surface area contributed by atoms with E-state index in [9.17, 15) is 14.9 Å². The molecule has 7 nitrogen and oxygen atoms in total. The minimum absolute atomic E-state index is 0.136. The second kappa shape index (κ2) is 6.46. The first-order valence-corrected chi connectivity index (χ1v) is 8.26. The minimum Gasteiger partial charge on any atom is -0.395 e. The van der Waals surface area contributed by atoms with Crippen molar-refractivity contribution in [1.29, 1.82) is 0 Å². The minimum atomic E-state index is -0.699. The Morgan fingerprint density at radius 3 is 2.65 bits per heavy atom. The van der Waals surface area contributed by atoms with Gasteiger partial charge in [-0.15, -0.1) is 11.3 Å². The molecule has 0 aliphatic carbocycles. The summed E-state index contributed by atoms with van der Waals surface area (Å²) in [4.78, 5) is 26.2. The van der Waals surface area contributed by atoms with Crippen LogP contribution in [-0.4, -0.2) is 15.8 Å². The van der Waals surface area contributed by atoms with Gasteiger partial charge in [0.25, 0.3) is 5.91 Å². The molecule has 2 heterocycles. The lowest BCUT2D eigenvalue weighted by molar-refractivity contribution is -0.402. The first-order chi connectivity index (χ1) is 11.0. The van der Waals surface area contributed by atoms with E-state index in [-0.39, 0.29) is 5.76 Å². The number of thiazole rings is 1. The van der Waals surface area contributed by atoms with Crippen LogP contribution >= 0.6 is 33.9 Å². The van der Waals surface area contributed by atoms with Gasteiger partial charge in [0, 0.05) is 14.5 Å². The molecular weight excluding hydrogens is 433 g/mol. The number of furan rings is 1. The third-order valence-electron chi connectivity index (χ3n) is 2.86. The van der Waals surface area contributed by atoms with E-state index in [1.54, 1.807) is 0 Å². The molecule has 0 unspecified atom stereocenters. The van der Waals surface area contributed by atoms with Gasteiger partial charge in [-0.05, 0) is 40.8 Å². The Hall–Kier alpha value is -2.27. The topological polar surface area (TPSA) is 98.3 Å². The molecule has 0 bridgehead atoms. The van der Waals surface area contributed by atoms with Crippen molar-refractivity contribution in [3.63, 3.8) is 0 Å². The van der Waals surface area contributed by atoms with Crippen molar-refractivity contribution in [2.24, 2.45) is 0 Å². The molecule has 116 valence electrons. The Labute approximate surface area is 147 Å². The molecule has 0 radical (unpaired) electrons. The fourth-order valence-electron chi connectivity index (χ4n) is 1.79. The zero-order valence-corrected chi connectivity index (χ0v) is 14.3. The van der Waals surface area contributed by atoms with Gasteiger partial charge >= 0.3 is 5.88 Å². The van der Waals surface area contributed by atoms with Crippen LogP contribution in [0.4, 0.5) is 11.0 Å². The Morgan fingerprint density at radius 2 is 2.00 bits per heavy atom. The van der Waals surface area contributed by atoms with E-state index in [2.05, 4.69) is 32.9 Å². The first-order valence-electron chi connectivity index (χ1n) is 6.30. The van der Waals surface area contributed by atoms with Gasteiger partial charge < -0.3 is 4.42 Å². The smallest absolute Gasteiger partial charge is 0.395 e. The van der Waals surface area contributed by atoms with Crippen molar-refractivity contribution in [1.82, 2.24) is 4.98 Å². The lowest BCUT2D eigenvalue weighted by atomic mass is 10.2. The lowest BCUT2D eigenvalue weighted by Crippen LogP contribution is -2.10. The summed E-state index contributed by atoms with van der Waals surface area (Å²) in [5.41, 5.74) is 1.68. The van der Waals surface area contributed by atoms with Gasteiger partial charge in [-0.3, -0.25) is 20.2 Å². The standard InChI is InChI=1S/C14H8IN3O4S/c15-9-3-1-8(2-4-9)10-7-23-14(16-10)17-13(19)11-5-6-12(22-11)18(20)21/h1-7H,(H,16,17,19). The largest absolute Gasteiger partial charge is 0.433 e. The Kier molecular flexibility index (Phi) is 4.39. The van der Waals surface area contributed by atoms with Crippen LogP contribution in [0, 0.1) is 13.7 Å². The fourth-order valence-corrected chi connectivity index (χ4v) is 2.87. The Morgan fingerprint density at radius 1 is 1.26 bits per heavy atom. The van der Waals surface area contributed by atoms with E-state index in [0.29, 0.717) is 5.13 Å². The summed E-state index contributed by atoms with van der Waals surface area (Å²) in [6.07, 6.45) is 0. The molecule has 1 aromatic carbocycles. The number of carbonyl (C=O) groups is 1. The third-order valence-corrected chi connectivity index (χ3v) is 4.34. The molecular formula is C14H8IN3O4S. The number of aromatic nitrogens is 1. The van der Waals surface area contributed by atoms with Crippen molar-refractivity contribution in [3.8, 4) is 11.3 Å². The van der Waals surface area contributed by atoms with Gasteiger partial charge in [-0.25, -0.2) is 4.98 Å². The molecule has 1 amide bonds. The van der Waals surface area contributed by atoms with Crippen LogP contribution in [0.25, 0.3) is 11.3 Å². The number of hydrogen-bond acceptors (Lipinski definition) is 6. The van der Waals surface area contributed by atoms with Crippen molar-refractivity contribution < 1.29 is 14.1 Å². The van der Waals surface area contributed by atoms with E-state index in [1.165, 1.54) is 17.4 Å². The molecule has 0 fully saturated rings. The van der Waals surface area contributed by atoms with Crippen molar-refractivity contribution >= 4 is 50.9 Å². The Bertz CT molecular complexity index is 872. The molecule has 3 aromatic rings. The van der Waals surface area contributed by atoms with Gasteiger partial charge in [-0.2, -0.15) is 0 Å². The third kappa shape index (κ3) is 3.56. The number of nitrogens with zero attached hydrogens (tertiary/aromatic N) is 2. The maximum absolute atomic E-state index is 12.0. The zero-order chi connectivity index (χ0) is 16.4. The number of hydrogen-bond donors (Lipinski definition) is 1. The SMILES string of the molecule is O=C(Nc1nc(-c2ccc(I)cc2)cs1)c1ccc([N+](=O)[O-])o1. The predicted molar refractivity (Wildman–Crippen MR) is 93.6 cm³/mol. The van der Waals surface area contributed by atoms with E-state index in [1.807, 2.05) is 29.6 Å². The molecule has 0 saturated carbocycles. The van der Waals surface area contributed by atoms with E-state index < -0.39 is 16.7 Å². The number of carbonyl (C=O) groups excluding carboxylic acids is 1. The van der Waals surface area contributed by atoms with Gasteiger partial charge in [0.1, 0.15) is 4.92 Å². The van der Waals surface area contributed by atoms with Gasteiger partial charge in [0.15, 0.2) is 10.9 Å². The van der Waals surface area contributed by atoms with Crippen LogP contribution in [0.5, 0.6) is 0 Å². The number of nitrogens with one attached hydrogen (secondary N) is 1. The average Bonchev–Trinajstić information content (AvgIpc) is 3.17. The highest BCUT2D eigenvalue weighted by Crippen LogP contribution is 2.26. The summed E-state index contributed by atoms with van der Waals surface area (Å²) in [7, 11) is 0. The van der Waals surface area contributed by atoms with Crippen molar-refractivity contribution in [2.45, 2.75) is 0 Å². The summed E-state index contributed by atoms with van der Waals surface area (Å²) in [6.45, 7) is 0. The molecule has 3 rings (SSSR count). The predicted octanol–water partition coefficient (Wildman–Crippen LogP) is 4.17. The van der Waals surface area contributed by atoms with E-state index in [0.717, 1.165) is 20.9 Å². The number of anilines is 1. The van der Waals surface area contributed by atoms with Crippen molar-refractivity contribution in [2.75, 3.05) is 5.32 Å². The average molecular weight is 441 g/mol. The van der Waals surface area contributed by atoms with Crippen LogP contribution in [0.15, 0.2) is 46.2 Å². The molecule has 0 saturated heterocycles. The van der Waals surface area contributed by atoms with Crippen LogP contribution < -0.4 is 5.32 Å². The summed E-state index contributed by atoms with van der Waals surface area (Å²) in [6, 6.07) is 10.2. The molecule has 2 aromatic heterocycles. The highest BCUT2D eigenvalue weighted by Gasteiger charge is 2.18. The normalized spacial score (nSPS) is 10.5. The van der Waals surface area contributed by atoms with Gasteiger partial charge in [-0.1, -0.05) is 12.1 Å². The maximum Gasteiger partial charge on any atom is 0.433 e. The number of rotatable bonds is 4. The second-order valence-electron chi connectivity index (χ2n) is 4.39. The van der Waals surface area contributed by atoms with Crippen LogP contribution in [0.1, 0.15) is 10.6 Å². The quantitative estimate of drug-likeness (QED) is 0.372. The summed E-state index contributed by atoms with van der Waals surface area (Å²) in [5.74, 6) is -1.20. The number of benzene rings is 1. The van der Waals surface area contributed by atoms with Crippen LogP contribution in [0.2, 0.25) is 0 Å². The summed E-state index contributed by atoms with van der Waals surface area (Å²) < 4.78 is 5.97. The summed E-state index contributed by atoms with van der Waals surface area (Å²) in [5, 5.41) is 15.3. The monoisotopic (exact) mass is 441 g/mol. The number of amides is 1. The Balaban J connectivity index is 1.74. The van der Waals surface area contributed by atoms with Crippen molar-refractivity contribution in [3.05, 3.63) is 61.2 Å². The molecule has 0 atom stereocenters. The molecule has 9 heteroatoms. The van der Waals surface area contributed by atoms with Crippen LogP contribution in [-0.2, 0) is 0 Å². The van der Waals surface area contributed by atoms with E-state index in [4.69, 9.17) is 4.42 Å². The summed E-state index contributed by atoms with van der Waals surface area (Å²) >= 11 is 3.48. The highest BCUT2D eigenvalue weighted by molar-refractivity contribution is 14.1. The van der Waals surface area contributed by atoms with Gasteiger partial charge in [0.2, 0.25) is 0 Å². The molecule has 1 N–H and O–H groups in total. The molecule has 0 spiro atoms. The molecule has 0 aliphatic heterocycles. The zero-order valence-electron chi connectivity index (χ0n) is 11.4. The fraction of sp³-hybridized carbons (Fsp3) is 0. The molecule has 0 aliphatic rings. The second-order valence-corrected chi connectivity index (χ2v) is 6.50. The molecule has 23 heavy (non-hydrogen) atoms. The highest BCUT2D eigenvalue weighted by atomic mass is 127. The first kappa shape index (κ1) is 15.6. The van der Waals surface area contributed by atoms with Crippen LogP contribution in [0.3, 0.4) is 0 Å². The van der Waals surface area contributed by atoms with E-state index >= 15 is 0 Å². The lowest BCUT2D eigenvalue weighted by Gasteiger charge is -1.98. The van der Waals surface area contributed by atoms with Gasteiger partial charge in [0.05, 0.1) is 11.8 Å². The number of nitro groups is 1. The number of halogens is 1.